The van der Waals surface area contributed by atoms with Crippen molar-refractivity contribution in [1.29, 1.82) is 0 Å². The molecule has 0 aliphatic carbocycles. The van der Waals surface area contributed by atoms with Crippen LogP contribution in [0, 0.1) is 6.92 Å². The van der Waals surface area contributed by atoms with Crippen LogP contribution in [-0.2, 0) is 0 Å². The van der Waals surface area contributed by atoms with E-state index in [0.29, 0.717) is 6.54 Å². The molecular weight excluding hydrogens is 180 g/mol. The largest absolute Gasteiger partial charge is 0.508 e. The van der Waals surface area contributed by atoms with Crippen LogP contribution in [0.4, 0.5) is 4.79 Å². The van der Waals surface area contributed by atoms with Crippen LogP contribution < -0.4 is 10.6 Å². The number of aryl methyl sites for hydroxylation is 1. The molecule has 1 atom stereocenters. The first-order valence-corrected chi connectivity index (χ1v) is 4.50. The lowest BCUT2D eigenvalue weighted by atomic mass is 10.0. The fourth-order valence-electron chi connectivity index (χ4n) is 1.59. The van der Waals surface area contributed by atoms with E-state index in [-0.39, 0.29) is 17.8 Å². The highest BCUT2D eigenvalue weighted by atomic mass is 16.3. The van der Waals surface area contributed by atoms with E-state index in [4.69, 9.17) is 0 Å². The SMILES string of the molecule is Cc1ccc([C@H]2CNC(=O)N2)c(O)c1. The third-order valence-electron chi connectivity index (χ3n) is 2.33. The number of carbonyl (C=O) groups excluding carboxylic acids is 1. The number of phenolic OH excluding ortho intramolecular Hbond substituents is 1. The van der Waals surface area contributed by atoms with Crippen molar-refractivity contribution in [3.05, 3.63) is 29.3 Å². The zero-order chi connectivity index (χ0) is 10.1. The molecule has 1 saturated heterocycles. The second kappa shape index (κ2) is 3.21. The van der Waals surface area contributed by atoms with Gasteiger partial charge in [0.05, 0.1) is 6.04 Å². The first-order valence-electron chi connectivity index (χ1n) is 4.50. The quantitative estimate of drug-likeness (QED) is 0.623. The van der Waals surface area contributed by atoms with E-state index >= 15 is 0 Å². The second-order valence-electron chi connectivity index (χ2n) is 3.47. The fourth-order valence-corrected chi connectivity index (χ4v) is 1.59. The number of nitrogens with one attached hydrogen (secondary N) is 2. The molecule has 1 aromatic rings. The smallest absolute Gasteiger partial charge is 0.315 e. The molecule has 0 radical (unpaired) electrons. The number of carbonyl (C=O) groups is 1. The van der Waals surface area contributed by atoms with Gasteiger partial charge in [0.2, 0.25) is 0 Å². The van der Waals surface area contributed by atoms with Crippen LogP contribution in [0.5, 0.6) is 5.75 Å². The molecule has 1 aliphatic heterocycles. The van der Waals surface area contributed by atoms with Crippen LogP contribution >= 0.6 is 0 Å². The Bertz CT molecular complexity index is 376. The number of phenols is 1. The van der Waals surface area contributed by atoms with Crippen molar-refractivity contribution in [3.8, 4) is 5.75 Å². The summed E-state index contributed by atoms with van der Waals surface area (Å²) < 4.78 is 0. The number of hydrogen-bond donors (Lipinski definition) is 3. The summed E-state index contributed by atoms with van der Waals surface area (Å²) in [7, 11) is 0. The summed E-state index contributed by atoms with van der Waals surface area (Å²) in [6, 6.07) is 5.14. The second-order valence-corrected chi connectivity index (χ2v) is 3.47. The van der Waals surface area contributed by atoms with Crippen molar-refractivity contribution in [2.24, 2.45) is 0 Å². The highest BCUT2D eigenvalue weighted by molar-refractivity contribution is 5.77. The third-order valence-corrected chi connectivity index (χ3v) is 2.33. The Labute approximate surface area is 81.9 Å². The maximum absolute atomic E-state index is 10.9. The van der Waals surface area contributed by atoms with Crippen LogP contribution in [0.3, 0.4) is 0 Å². The van der Waals surface area contributed by atoms with Crippen molar-refractivity contribution in [1.82, 2.24) is 10.6 Å². The van der Waals surface area contributed by atoms with Gasteiger partial charge >= 0.3 is 6.03 Å². The molecule has 1 aliphatic rings. The predicted octanol–water partition coefficient (Wildman–Crippen LogP) is 1.05. The minimum Gasteiger partial charge on any atom is -0.508 e. The van der Waals surface area contributed by atoms with Crippen molar-refractivity contribution in [3.63, 3.8) is 0 Å². The molecule has 14 heavy (non-hydrogen) atoms. The molecule has 1 aromatic carbocycles. The summed E-state index contributed by atoms with van der Waals surface area (Å²) in [4.78, 5) is 10.9. The maximum Gasteiger partial charge on any atom is 0.315 e. The predicted molar refractivity (Wildman–Crippen MR) is 52.1 cm³/mol. The molecule has 1 fully saturated rings. The summed E-state index contributed by atoms with van der Waals surface area (Å²) in [6.07, 6.45) is 0. The molecule has 0 saturated carbocycles. The average Bonchev–Trinajstić information content (AvgIpc) is 2.51. The highest BCUT2D eigenvalue weighted by Gasteiger charge is 2.23. The summed E-state index contributed by atoms with van der Waals surface area (Å²) in [5.74, 6) is 0.235. The molecule has 4 nitrogen and oxygen atoms in total. The first-order chi connectivity index (χ1) is 6.66. The molecule has 2 amide bonds. The van der Waals surface area contributed by atoms with Crippen LogP contribution in [0.15, 0.2) is 18.2 Å². The number of urea groups is 1. The average molecular weight is 192 g/mol. The van der Waals surface area contributed by atoms with E-state index < -0.39 is 0 Å². The zero-order valence-corrected chi connectivity index (χ0v) is 7.87. The van der Waals surface area contributed by atoms with E-state index in [9.17, 15) is 9.90 Å². The van der Waals surface area contributed by atoms with Crippen molar-refractivity contribution < 1.29 is 9.90 Å². The van der Waals surface area contributed by atoms with Crippen LogP contribution in [0.1, 0.15) is 17.2 Å². The molecular formula is C10H12N2O2. The van der Waals surface area contributed by atoms with Gasteiger partial charge in [0, 0.05) is 12.1 Å². The van der Waals surface area contributed by atoms with Crippen molar-refractivity contribution in [2.75, 3.05) is 6.54 Å². The van der Waals surface area contributed by atoms with Gasteiger partial charge in [-0.2, -0.15) is 0 Å². The topological polar surface area (TPSA) is 61.4 Å². The molecule has 74 valence electrons. The van der Waals surface area contributed by atoms with Gasteiger partial charge in [-0.1, -0.05) is 12.1 Å². The Kier molecular flexibility index (Phi) is 2.04. The molecule has 4 heteroatoms. The molecule has 0 spiro atoms. The number of aromatic hydroxyl groups is 1. The van der Waals surface area contributed by atoms with E-state index in [1.165, 1.54) is 0 Å². The minimum absolute atomic E-state index is 0.122. The van der Waals surface area contributed by atoms with Gasteiger partial charge in [-0.3, -0.25) is 0 Å². The van der Waals surface area contributed by atoms with Gasteiger partial charge in [-0.15, -0.1) is 0 Å². The zero-order valence-electron chi connectivity index (χ0n) is 7.87. The van der Waals surface area contributed by atoms with Gasteiger partial charge in [0.25, 0.3) is 0 Å². The normalized spacial score (nSPS) is 20.4. The molecule has 0 unspecified atom stereocenters. The molecule has 0 bridgehead atoms. The maximum atomic E-state index is 10.9. The molecule has 3 N–H and O–H groups in total. The number of benzene rings is 1. The van der Waals surface area contributed by atoms with Crippen molar-refractivity contribution >= 4 is 6.03 Å². The lowest BCUT2D eigenvalue weighted by Crippen LogP contribution is -2.21. The lowest BCUT2D eigenvalue weighted by molar-refractivity contribution is 0.247. The van der Waals surface area contributed by atoms with Crippen LogP contribution in [0.25, 0.3) is 0 Å². The summed E-state index contributed by atoms with van der Waals surface area (Å²) in [6.45, 7) is 2.43. The number of rotatable bonds is 1. The van der Waals surface area contributed by atoms with Gasteiger partial charge in [0.15, 0.2) is 0 Å². The first kappa shape index (κ1) is 8.87. The van der Waals surface area contributed by atoms with E-state index in [2.05, 4.69) is 10.6 Å². The Hall–Kier alpha value is -1.71. The Morgan fingerprint density at radius 3 is 2.86 bits per heavy atom. The summed E-state index contributed by atoms with van der Waals surface area (Å²) in [5, 5.41) is 15.0. The van der Waals surface area contributed by atoms with E-state index in [1.54, 1.807) is 6.07 Å². The van der Waals surface area contributed by atoms with E-state index in [0.717, 1.165) is 11.1 Å². The Balaban J connectivity index is 2.28. The van der Waals surface area contributed by atoms with Crippen LogP contribution in [0.2, 0.25) is 0 Å². The van der Waals surface area contributed by atoms with Gasteiger partial charge in [0.1, 0.15) is 5.75 Å². The third kappa shape index (κ3) is 1.51. The van der Waals surface area contributed by atoms with Crippen molar-refractivity contribution in [2.45, 2.75) is 13.0 Å². The lowest BCUT2D eigenvalue weighted by Gasteiger charge is -2.11. The Morgan fingerprint density at radius 2 is 2.29 bits per heavy atom. The highest BCUT2D eigenvalue weighted by Crippen LogP contribution is 2.26. The standard InChI is InChI=1S/C10H12N2O2/c1-6-2-3-7(9(13)4-6)8-5-11-10(14)12-8/h2-4,8,13H,5H2,1H3,(H2,11,12,14)/t8-/m1/s1. The number of hydrogen-bond acceptors (Lipinski definition) is 2. The molecule has 2 rings (SSSR count). The van der Waals surface area contributed by atoms with Gasteiger partial charge < -0.3 is 15.7 Å². The Morgan fingerprint density at radius 1 is 1.50 bits per heavy atom. The minimum atomic E-state index is -0.185. The summed E-state index contributed by atoms with van der Waals surface area (Å²) >= 11 is 0. The van der Waals surface area contributed by atoms with Crippen LogP contribution in [-0.4, -0.2) is 17.7 Å². The molecule has 0 aromatic heterocycles. The summed E-state index contributed by atoms with van der Waals surface area (Å²) in [5.41, 5.74) is 1.76. The monoisotopic (exact) mass is 192 g/mol. The van der Waals surface area contributed by atoms with E-state index in [1.807, 2.05) is 19.1 Å². The fraction of sp³-hybridized carbons (Fsp3) is 0.300. The number of amides is 2. The molecule has 1 heterocycles. The van der Waals surface area contributed by atoms with Gasteiger partial charge in [-0.25, -0.2) is 4.79 Å². The van der Waals surface area contributed by atoms with Gasteiger partial charge in [-0.05, 0) is 18.6 Å².